The van der Waals surface area contributed by atoms with Crippen LogP contribution in [0.4, 0.5) is 0 Å². The van der Waals surface area contributed by atoms with Crippen LogP contribution in [0.2, 0.25) is 0 Å². The summed E-state index contributed by atoms with van der Waals surface area (Å²) in [5.41, 5.74) is 1.09. The van der Waals surface area contributed by atoms with E-state index in [1.54, 1.807) is 11.3 Å². The Morgan fingerprint density at radius 1 is 1.56 bits per heavy atom. The van der Waals surface area contributed by atoms with Crippen LogP contribution in [0.1, 0.15) is 30.7 Å². The molecule has 0 bridgehead atoms. The number of hydrogen-bond donors (Lipinski definition) is 1. The second kappa shape index (κ2) is 6.38. The molecule has 1 unspecified atom stereocenters. The molecular formula is C15H21NOS. The van der Waals surface area contributed by atoms with E-state index < -0.39 is 0 Å². The molecule has 0 spiro atoms. The molecule has 1 fully saturated rings. The van der Waals surface area contributed by atoms with Crippen molar-refractivity contribution in [3.63, 3.8) is 0 Å². The van der Waals surface area contributed by atoms with Crippen LogP contribution in [0, 0.1) is 23.7 Å². The predicted molar refractivity (Wildman–Crippen MR) is 76.5 cm³/mol. The van der Waals surface area contributed by atoms with E-state index in [1.807, 2.05) is 0 Å². The lowest BCUT2D eigenvalue weighted by atomic mass is 9.95. The summed E-state index contributed by atoms with van der Waals surface area (Å²) in [4.78, 5) is 3.86. The minimum Gasteiger partial charge on any atom is -0.384 e. The molecule has 0 amide bonds. The second-order valence-corrected chi connectivity index (χ2v) is 6.25. The van der Waals surface area contributed by atoms with Crippen LogP contribution >= 0.6 is 11.3 Å². The molecule has 18 heavy (non-hydrogen) atoms. The number of likely N-dealkylation sites (tertiary alicyclic amines) is 1. The summed E-state index contributed by atoms with van der Waals surface area (Å²) in [6.07, 6.45) is 1.32. The van der Waals surface area contributed by atoms with Gasteiger partial charge in [0.15, 0.2) is 0 Å². The van der Waals surface area contributed by atoms with Crippen molar-refractivity contribution >= 4 is 11.3 Å². The summed E-state index contributed by atoms with van der Waals surface area (Å²) in [5.74, 6) is 7.40. The SMILES string of the molecule is CC(C)C1CCN(Cc2sccc2C#CCO)C1. The summed E-state index contributed by atoms with van der Waals surface area (Å²) < 4.78 is 0. The maximum absolute atomic E-state index is 8.76. The normalized spacial score (nSPS) is 20.1. The minimum atomic E-state index is -0.0611. The number of aliphatic hydroxyl groups excluding tert-OH is 1. The summed E-state index contributed by atoms with van der Waals surface area (Å²) in [6.45, 7) is 8.00. The first-order valence-electron chi connectivity index (χ1n) is 6.59. The molecule has 0 aliphatic carbocycles. The molecule has 1 aromatic rings. The first-order valence-corrected chi connectivity index (χ1v) is 7.47. The highest BCUT2D eigenvalue weighted by molar-refractivity contribution is 7.10. The van der Waals surface area contributed by atoms with E-state index in [0.29, 0.717) is 0 Å². The molecule has 2 heterocycles. The molecule has 1 N–H and O–H groups in total. The lowest BCUT2D eigenvalue weighted by Gasteiger charge is -2.17. The Hall–Kier alpha value is -0.820. The second-order valence-electron chi connectivity index (χ2n) is 5.25. The van der Waals surface area contributed by atoms with Crippen molar-refractivity contribution in [2.24, 2.45) is 11.8 Å². The predicted octanol–water partition coefficient (Wildman–Crippen LogP) is 2.57. The number of rotatable bonds is 3. The van der Waals surface area contributed by atoms with Crippen LogP contribution in [-0.4, -0.2) is 29.7 Å². The average Bonchev–Trinajstić information content (AvgIpc) is 2.96. The van der Waals surface area contributed by atoms with E-state index in [9.17, 15) is 0 Å². The van der Waals surface area contributed by atoms with Gasteiger partial charge < -0.3 is 5.11 Å². The van der Waals surface area contributed by atoms with Gasteiger partial charge in [0, 0.05) is 23.5 Å². The fourth-order valence-electron chi connectivity index (χ4n) is 2.46. The van der Waals surface area contributed by atoms with Crippen molar-refractivity contribution in [3.8, 4) is 11.8 Å². The zero-order valence-corrected chi connectivity index (χ0v) is 12.0. The Morgan fingerprint density at radius 3 is 3.06 bits per heavy atom. The fourth-order valence-corrected chi connectivity index (χ4v) is 3.33. The molecule has 0 radical (unpaired) electrons. The highest BCUT2D eigenvalue weighted by Gasteiger charge is 2.25. The van der Waals surface area contributed by atoms with Crippen LogP contribution in [0.5, 0.6) is 0 Å². The van der Waals surface area contributed by atoms with Crippen LogP contribution < -0.4 is 0 Å². The fraction of sp³-hybridized carbons (Fsp3) is 0.600. The molecule has 1 atom stereocenters. The zero-order valence-electron chi connectivity index (χ0n) is 11.1. The summed E-state index contributed by atoms with van der Waals surface area (Å²) in [5, 5.41) is 10.8. The van der Waals surface area contributed by atoms with E-state index in [0.717, 1.165) is 23.9 Å². The van der Waals surface area contributed by atoms with E-state index in [-0.39, 0.29) is 6.61 Å². The van der Waals surface area contributed by atoms with Gasteiger partial charge in [0.2, 0.25) is 0 Å². The lowest BCUT2D eigenvalue weighted by Crippen LogP contribution is -2.21. The van der Waals surface area contributed by atoms with Gasteiger partial charge in [-0.25, -0.2) is 0 Å². The van der Waals surface area contributed by atoms with Crippen LogP contribution in [0.15, 0.2) is 11.4 Å². The van der Waals surface area contributed by atoms with E-state index in [4.69, 9.17) is 5.11 Å². The van der Waals surface area contributed by atoms with E-state index >= 15 is 0 Å². The molecule has 0 saturated carbocycles. The summed E-state index contributed by atoms with van der Waals surface area (Å²) in [6, 6.07) is 2.05. The lowest BCUT2D eigenvalue weighted by molar-refractivity contribution is 0.299. The van der Waals surface area contributed by atoms with Gasteiger partial charge in [-0.1, -0.05) is 25.7 Å². The smallest absolute Gasteiger partial charge is 0.104 e. The Balaban J connectivity index is 1.96. The van der Waals surface area contributed by atoms with Crippen molar-refractivity contribution in [2.45, 2.75) is 26.8 Å². The molecular weight excluding hydrogens is 242 g/mol. The van der Waals surface area contributed by atoms with Gasteiger partial charge in [-0.15, -0.1) is 11.3 Å². The topological polar surface area (TPSA) is 23.5 Å². The number of thiophene rings is 1. The Kier molecular flexibility index (Phi) is 4.82. The van der Waals surface area contributed by atoms with Crippen molar-refractivity contribution in [1.29, 1.82) is 0 Å². The molecule has 2 nitrogen and oxygen atoms in total. The molecule has 1 aromatic heterocycles. The number of aliphatic hydroxyl groups is 1. The molecule has 3 heteroatoms. The largest absolute Gasteiger partial charge is 0.384 e. The van der Waals surface area contributed by atoms with E-state index in [2.05, 4.69) is 42.0 Å². The molecule has 98 valence electrons. The van der Waals surface area contributed by atoms with Gasteiger partial charge in [-0.2, -0.15) is 0 Å². The minimum absolute atomic E-state index is 0.0611. The summed E-state index contributed by atoms with van der Waals surface area (Å²) in [7, 11) is 0. The number of hydrogen-bond acceptors (Lipinski definition) is 3. The third-order valence-electron chi connectivity index (χ3n) is 3.67. The van der Waals surface area contributed by atoms with Gasteiger partial charge in [-0.05, 0) is 36.2 Å². The Morgan fingerprint density at radius 2 is 2.39 bits per heavy atom. The highest BCUT2D eigenvalue weighted by atomic mass is 32.1. The molecule has 2 rings (SSSR count). The Labute approximate surface area is 114 Å². The maximum atomic E-state index is 8.76. The maximum Gasteiger partial charge on any atom is 0.104 e. The average molecular weight is 263 g/mol. The molecule has 1 aliphatic heterocycles. The van der Waals surface area contributed by atoms with Gasteiger partial charge in [0.05, 0.1) is 0 Å². The molecule has 1 saturated heterocycles. The highest BCUT2D eigenvalue weighted by Crippen LogP contribution is 2.26. The standard InChI is InChI=1S/C15H21NOS/c1-12(2)14-5-7-16(10-14)11-15-13(4-3-8-17)6-9-18-15/h6,9,12,14,17H,5,7-8,10-11H2,1-2H3. The first kappa shape index (κ1) is 13.6. The molecule has 1 aliphatic rings. The monoisotopic (exact) mass is 263 g/mol. The van der Waals surface area contributed by atoms with E-state index in [1.165, 1.54) is 24.4 Å². The zero-order chi connectivity index (χ0) is 13.0. The third kappa shape index (κ3) is 3.35. The van der Waals surface area contributed by atoms with Gasteiger partial charge in [0.1, 0.15) is 6.61 Å². The third-order valence-corrected chi connectivity index (χ3v) is 4.57. The first-order chi connectivity index (χ1) is 8.70. The number of nitrogens with zero attached hydrogens (tertiary/aromatic N) is 1. The van der Waals surface area contributed by atoms with Gasteiger partial charge in [-0.3, -0.25) is 4.90 Å². The van der Waals surface area contributed by atoms with Crippen LogP contribution in [0.25, 0.3) is 0 Å². The van der Waals surface area contributed by atoms with Gasteiger partial charge >= 0.3 is 0 Å². The quantitative estimate of drug-likeness (QED) is 0.847. The summed E-state index contributed by atoms with van der Waals surface area (Å²) >= 11 is 1.77. The van der Waals surface area contributed by atoms with Crippen molar-refractivity contribution in [3.05, 3.63) is 21.9 Å². The van der Waals surface area contributed by atoms with Crippen molar-refractivity contribution in [2.75, 3.05) is 19.7 Å². The van der Waals surface area contributed by atoms with Crippen molar-refractivity contribution in [1.82, 2.24) is 4.90 Å². The van der Waals surface area contributed by atoms with Crippen LogP contribution in [0.3, 0.4) is 0 Å². The molecule has 0 aromatic carbocycles. The Bertz CT molecular complexity index is 441. The van der Waals surface area contributed by atoms with Gasteiger partial charge in [0.25, 0.3) is 0 Å². The van der Waals surface area contributed by atoms with Crippen molar-refractivity contribution < 1.29 is 5.11 Å². The van der Waals surface area contributed by atoms with Crippen LogP contribution in [-0.2, 0) is 6.54 Å².